The summed E-state index contributed by atoms with van der Waals surface area (Å²) < 4.78 is 10.1. The average molecular weight is 202 g/mol. The first-order chi connectivity index (χ1) is 6.22. The molecule has 0 heterocycles. The van der Waals surface area contributed by atoms with Gasteiger partial charge >= 0.3 is 0 Å². The largest absolute Gasteiger partial charge is 0.497 e. The molecule has 0 fully saturated rings. The fraction of sp³-hybridized carbons (Fsp3) is 0.333. The van der Waals surface area contributed by atoms with Crippen LogP contribution in [0.3, 0.4) is 0 Å². The van der Waals surface area contributed by atoms with Crippen molar-refractivity contribution in [3.8, 4) is 11.5 Å². The topological polar surface area (TPSA) is 44.5 Å². The minimum absolute atomic E-state index is 0.353. The van der Waals surface area contributed by atoms with Crippen molar-refractivity contribution in [3.05, 3.63) is 22.7 Å². The molecule has 0 aliphatic heterocycles. The zero-order chi connectivity index (χ0) is 9.84. The van der Waals surface area contributed by atoms with E-state index in [1.165, 1.54) is 0 Å². The molecule has 0 unspecified atom stereocenters. The molecular formula is C9H12ClNO2. The molecule has 0 bridgehead atoms. The molecule has 0 aliphatic rings. The molecule has 72 valence electrons. The van der Waals surface area contributed by atoms with Crippen molar-refractivity contribution in [2.24, 2.45) is 5.73 Å². The van der Waals surface area contributed by atoms with Gasteiger partial charge in [-0.3, -0.25) is 0 Å². The second-order valence-electron chi connectivity index (χ2n) is 2.49. The molecule has 1 aromatic carbocycles. The van der Waals surface area contributed by atoms with Crippen molar-refractivity contribution < 1.29 is 9.47 Å². The van der Waals surface area contributed by atoms with E-state index in [-0.39, 0.29) is 0 Å². The number of methoxy groups -OCH3 is 2. The Labute approximate surface area is 82.4 Å². The third-order valence-electron chi connectivity index (χ3n) is 1.79. The Kier molecular flexibility index (Phi) is 3.39. The number of benzene rings is 1. The molecule has 0 saturated carbocycles. The van der Waals surface area contributed by atoms with Gasteiger partial charge in [-0.1, -0.05) is 11.6 Å². The highest BCUT2D eigenvalue weighted by Gasteiger charge is 2.08. The summed E-state index contributed by atoms with van der Waals surface area (Å²) in [6.45, 7) is 0.353. The van der Waals surface area contributed by atoms with Gasteiger partial charge in [0.1, 0.15) is 11.5 Å². The molecule has 0 aliphatic carbocycles. The molecule has 3 nitrogen and oxygen atoms in total. The maximum absolute atomic E-state index is 5.95. The third kappa shape index (κ3) is 2.05. The summed E-state index contributed by atoms with van der Waals surface area (Å²) in [6, 6.07) is 3.47. The summed E-state index contributed by atoms with van der Waals surface area (Å²) in [5.41, 5.74) is 6.31. The van der Waals surface area contributed by atoms with Crippen LogP contribution in [0.4, 0.5) is 0 Å². The van der Waals surface area contributed by atoms with Crippen LogP contribution < -0.4 is 15.2 Å². The van der Waals surface area contributed by atoms with Crippen molar-refractivity contribution in [2.45, 2.75) is 6.54 Å². The Balaban J connectivity index is 3.20. The number of nitrogens with two attached hydrogens (primary N) is 1. The number of hydrogen-bond donors (Lipinski definition) is 1. The minimum Gasteiger partial charge on any atom is -0.497 e. The normalized spacial score (nSPS) is 9.85. The molecular weight excluding hydrogens is 190 g/mol. The lowest BCUT2D eigenvalue weighted by Crippen LogP contribution is -2.01. The predicted molar refractivity (Wildman–Crippen MR) is 52.4 cm³/mol. The van der Waals surface area contributed by atoms with Crippen molar-refractivity contribution in [3.63, 3.8) is 0 Å². The van der Waals surface area contributed by atoms with Crippen LogP contribution in [0.15, 0.2) is 12.1 Å². The Morgan fingerprint density at radius 1 is 1.31 bits per heavy atom. The molecule has 2 N–H and O–H groups in total. The van der Waals surface area contributed by atoms with Crippen molar-refractivity contribution in [1.82, 2.24) is 0 Å². The average Bonchev–Trinajstić information content (AvgIpc) is 2.16. The third-order valence-corrected chi connectivity index (χ3v) is 2.13. The standard InChI is InChI=1S/C9H12ClNO2/c1-12-6-3-8(10)7(5-11)9(4-6)13-2/h3-4H,5,11H2,1-2H3. The van der Waals surface area contributed by atoms with E-state index in [9.17, 15) is 0 Å². The van der Waals surface area contributed by atoms with E-state index in [1.807, 2.05) is 0 Å². The van der Waals surface area contributed by atoms with Crippen LogP contribution in [0.2, 0.25) is 5.02 Å². The maximum Gasteiger partial charge on any atom is 0.128 e. The van der Waals surface area contributed by atoms with E-state index in [1.54, 1.807) is 26.4 Å². The summed E-state index contributed by atoms with van der Waals surface area (Å²) in [6.07, 6.45) is 0. The molecule has 0 radical (unpaired) electrons. The molecule has 0 aromatic heterocycles. The van der Waals surface area contributed by atoms with Gasteiger partial charge in [0.15, 0.2) is 0 Å². The molecule has 0 atom stereocenters. The van der Waals surface area contributed by atoms with Gasteiger partial charge < -0.3 is 15.2 Å². The smallest absolute Gasteiger partial charge is 0.128 e. The lowest BCUT2D eigenvalue weighted by atomic mass is 10.2. The van der Waals surface area contributed by atoms with Crippen LogP contribution in [0.25, 0.3) is 0 Å². The summed E-state index contributed by atoms with van der Waals surface area (Å²) in [4.78, 5) is 0. The van der Waals surface area contributed by atoms with E-state index < -0.39 is 0 Å². The lowest BCUT2D eigenvalue weighted by Gasteiger charge is -2.10. The summed E-state index contributed by atoms with van der Waals surface area (Å²) in [5, 5.41) is 0.568. The highest BCUT2D eigenvalue weighted by Crippen LogP contribution is 2.31. The van der Waals surface area contributed by atoms with Crippen LogP contribution in [-0.2, 0) is 6.54 Å². The van der Waals surface area contributed by atoms with Crippen molar-refractivity contribution in [1.29, 1.82) is 0 Å². The summed E-state index contributed by atoms with van der Waals surface area (Å²) >= 11 is 5.95. The highest BCUT2D eigenvalue weighted by molar-refractivity contribution is 6.31. The lowest BCUT2D eigenvalue weighted by molar-refractivity contribution is 0.391. The van der Waals surface area contributed by atoms with Gasteiger partial charge in [0.25, 0.3) is 0 Å². The van der Waals surface area contributed by atoms with Gasteiger partial charge in [-0.25, -0.2) is 0 Å². The Hall–Kier alpha value is -0.930. The number of halogens is 1. The fourth-order valence-electron chi connectivity index (χ4n) is 1.09. The molecule has 4 heteroatoms. The van der Waals surface area contributed by atoms with Crippen LogP contribution in [0.5, 0.6) is 11.5 Å². The van der Waals surface area contributed by atoms with Crippen LogP contribution in [0.1, 0.15) is 5.56 Å². The van der Waals surface area contributed by atoms with Gasteiger partial charge in [-0.2, -0.15) is 0 Å². The molecule has 0 amide bonds. The van der Waals surface area contributed by atoms with E-state index >= 15 is 0 Å². The zero-order valence-electron chi connectivity index (χ0n) is 7.63. The van der Waals surface area contributed by atoms with Crippen LogP contribution in [-0.4, -0.2) is 14.2 Å². The molecule has 1 rings (SSSR count). The first kappa shape index (κ1) is 10.2. The second kappa shape index (κ2) is 4.35. The summed E-state index contributed by atoms with van der Waals surface area (Å²) in [5.74, 6) is 1.32. The SMILES string of the molecule is COc1cc(Cl)c(CN)c(OC)c1. The van der Waals surface area contributed by atoms with Gasteiger partial charge in [-0.05, 0) is 6.07 Å². The summed E-state index contributed by atoms with van der Waals surface area (Å²) in [7, 11) is 3.15. The van der Waals surface area contributed by atoms with Crippen molar-refractivity contribution in [2.75, 3.05) is 14.2 Å². The number of rotatable bonds is 3. The van der Waals surface area contributed by atoms with Crippen molar-refractivity contribution >= 4 is 11.6 Å². The van der Waals surface area contributed by atoms with E-state index in [2.05, 4.69) is 0 Å². The molecule has 0 spiro atoms. The van der Waals surface area contributed by atoms with E-state index in [0.29, 0.717) is 23.1 Å². The molecule has 1 aromatic rings. The van der Waals surface area contributed by atoms with E-state index in [4.69, 9.17) is 26.8 Å². The predicted octanol–water partition coefficient (Wildman–Crippen LogP) is 1.82. The van der Waals surface area contributed by atoms with Crippen LogP contribution >= 0.6 is 11.6 Å². The highest BCUT2D eigenvalue weighted by atomic mass is 35.5. The van der Waals surface area contributed by atoms with Gasteiger partial charge in [0.05, 0.1) is 19.2 Å². The zero-order valence-corrected chi connectivity index (χ0v) is 8.39. The molecule has 13 heavy (non-hydrogen) atoms. The van der Waals surface area contributed by atoms with Gasteiger partial charge in [0.2, 0.25) is 0 Å². The Morgan fingerprint density at radius 3 is 2.46 bits per heavy atom. The van der Waals surface area contributed by atoms with Gasteiger partial charge in [-0.15, -0.1) is 0 Å². The van der Waals surface area contributed by atoms with E-state index in [0.717, 1.165) is 5.56 Å². The molecule has 0 saturated heterocycles. The number of hydrogen-bond acceptors (Lipinski definition) is 3. The van der Waals surface area contributed by atoms with Crippen LogP contribution in [0, 0.1) is 0 Å². The second-order valence-corrected chi connectivity index (χ2v) is 2.90. The monoisotopic (exact) mass is 201 g/mol. The first-order valence-electron chi connectivity index (χ1n) is 3.83. The Bertz CT molecular complexity index is 302. The minimum atomic E-state index is 0.353. The fourth-order valence-corrected chi connectivity index (χ4v) is 1.36. The maximum atomic E-state index is 5.95. The van der Waals surface area contributed by atoms with Gasteiger partial charge in [0, 0.05) is 18.2 Å². The number of ether oxygens (including phenoxy) is 2. The first-order valence-corrected chi connectivity index (χ1v) is 4.21. The quantitative estimate of drug-likeness (QED) is 0.812. The Morgan fingerprint density at radius 2 is 2.00 bits per heavy atom.